The molecule has 0 spiro atoms. The number of primary amides is 1. The molecule has 0 saturated carbocycles. The van der Waals surface area contributed by atoms with Gasteiger partial charge in [0.05, 0.1) is 23.7 Å². The Kier molecular flexibility index (Phi) is 5.37. The predicted octanol–water partition coefficient (Wildman–Crippen LogP) is 1.12. The number of rotatable bonds is 5. The second-order valence-electron chi connectivity index (χ2n) is 5.52. The maximum atomic E-state index is 12.6. The molecule has 1 saturated heterocycles. The third-order valence-corrected chi connectivity index (χ3v) is 6.62. The minimum absolute atomic E-state index is 0.116. The number of ether oxygens (including phenoxy) is 1. The van der Waals surface area contributed by atoms with E-state index in [1.54, 1.807) is 5.38 Å². The first-order chi connectivity index (χ1) is 12.4. The van der Waals surface area contributed by atoms with Crippen LogP contribution in [0.3, 0.4) is 0 Å². The Hall–Kier alpha value is -2.27. The molecule has 3 N–H and O–H groups in total. The van der Waals surface area contributed by atoms with E-state index in [1.807, 2.05) is 0 Å². The number of carbonyl (C=O) groups is 2. The molecule has 0 aliphatic carbocycles. The fourth-order valence-electron chi connectivity index (χ4n) is 2.49. The molecule has 0 radical (unpaired) electrons. The normalized spacial score (nSPS) is 15.5. The standard InChI is InChI=1S/C16H17N3O5S2/c17-14(20)13-5-10-25-16(13)18-15(21)11-1-3-12(4-2-11)26(22,23)19-6-8-24-9-7-19/h1-5,10H,6-9H2,(H2,17,20)(H,18,21). The summed E-state index contributed by atoms with van der Waals surface area (Å²) in [4.78, 5) is 23.7. The number of morpholine rings is 1. The van der Waals surface area contributed by atoms with Gasteiger partial charge >= 0.3 is 0 Å². The molecule has 1 aliphatic rings. The molecule has 2 aromatic rings. The third kappa shape index (κ3) is 3.78. The number of nitrogens with one attached hydrogen (secondary N) is 1. The van der Waals surface area contributed by atoms with Crippen LogP contribution in [0.15, 0.2) is 40.6 Å². The number of sulfonamides is 1. The summed E-state index contributed by atoms with van der Waals surface area (Å²) < 4.78 is 31.7. The molecule has 0 bridgehead atoms. The van der Waals surface area contributed by atoms with Crippen LogP contribution in [0.5, 0.6) is 0 Å². The summed E-state index contributed by atoms with van der Waals surface area (Å²) in [5.74, 6) is -1.08. The molecular formula is C16H17N3O5S2. The maximum Gasteiger partial charge on any atom is 0.256 e. The molecule has 138 valence electrons. The highest BCUT2D eigenvalue weighted by Crippen LogP contribution is 2.24. The molecule has 0 atom stereocenters. The van der Waals surface area contributed by atoms with Gasteiger partial charge in [0.1, 0.15) is 5.00 Å². The zero-order valence-electron chi connectivity index (χ0n) is 13.7. The number of hydrogen-bond acceptors (Lipinski definition) is 6. The lowest BCUT2D eigenvalue weighted by molar-refractivity contribution is 0.0730. The van der Waals surface area contributed by atoms with Gasteiger partial charge in [0.2, 0.25) is 10.0 Å². The summed E-state index contributed by atoms with van der Waals surface area (Å²) in [5.41, 5.74) is 5.75. The van der Waals surface area contributed by atoms with E-state index in [0.29, 0.717) is 31.3 Å². The van der Waals surface area contributed by atoms with Crippen LogP contribution in [-0.2, 0) is 14.8 Å². The number of thiophene rings is 1. The first kappa shape index (κ1) is 18.5. The largest absolute Gasteiger partial charge is 0.379 e. The molecule has 1 fully saturated rings. The zero-order valence-corrected chi connectivity index (χ0v) is 15.3. The van der Waals surface area contributed by atoms with Gasteiger partial charge in [-0.2, -0.15) is 4.31 Å². The van der Waals surface area contributed by atoms with Gasteiger partial charge in [-0.3, -0.25) is 9.59 Å². The van der Waals surface area contributed by atoms with Gasteiger partial charge in [-0.05, 0) is 35.7 Å². The number of hydrogen-bond donors (Lipinski definition) is 2. The molecule has 2 amide bonds. The monoisotopic (exact) mass is 395 g/mol. The van der Waals surface area contributed by atoms with E-state index in [2.05, 4.69) is 5.32 Å². The van der Waals surface area contributed by atoms with E-state index in [4.69, 9.17) is 10.5 Å². The van der Waals surface area contributed by atoms with Crippen molar-refractivity contribution in [2.75, 3.05) is 31.6 Å². The second-order valence-corrected chi connectivity index (χ2v) is 8.38. The second kappa shape index (κ2) is 7.54. The van der Waals surface area contributed by atoms with Crippen molar-refractivity contribution >= 4 is 38.2 Å². The summed E-state index contributed by atoms with van der Waals surface area (Å²) in [6.07, 6.45) is 0. The number of nitrogens with zero attached hydrogens (tertiary/aromatic N) is 1. The number of amides is 2. The van der Waals surface area contributed by atoms with Crippen molar-refractivity contribution in [3.63, 3.8) is 0 Å². The zero-order chi connectivity index (χ0) is 18.7. The smallest absolute Gasteiger partial charge is 0.256 e. The summed E-state index contributed by atoms with van der Waals surface area (Å²) in [6.45, 7) is 1.34. The van der Waals surface area contributed by atoms with Crippen LogP contribution in [0, 0.1) is 0 Å². The lowest BCUT2D eigenvalue weighted by atomic mass is 10.2. The van der Waals surface area contributed by atoms with Crippen molar-refractivity contribution < 1.29 is 22.7 Å². The van der Waals surface area contributed by atoms with Crippen LogP contribution < -0.4 is 11.1 Å². The van der Waals surface area contributed by atoms with E-state index < -0.39 is 21.8 Å². The van der Waals surface area contributed by atoms with Crippen molar-refractivity contribution in [3.8, 4) is 0 Å². The topological polar surface area (TPSA) is 119 Å². The third-order valence-electron chi connectivity index (χ3n) is 3.88. The Morgan fingerprint density at radius 2 is 1.77 bits per heavy atom. The van der Waals surface area contributed by atoms with Crippen LogP contribution in [0.25, 0.3) is 0 Å². The van der Waals surface area contributed by atoms with E-state index in [-0.39, 0.29) is 16.0 Å². The Morgan fingerprint density at radius 3 is 2.38 bits per heavy atom. The van der Waals surface area contributed by atoms with Crippen LogP contribution in [0.4, 0.5) is 5.00 Å². The van der Waals surface area contributed by atoms with Gasteiger partial charge in [0.15, 0.2) is 0 Å². The van der Waals surface area contributed by atoms with Crippen molar-refractivity contribution in [2.24, 2.45) is 5.73 Å². The van der Waals surface area contributed by atoms with Gasteiger partial charge in [0, 0.05) is 18.7 Å². The molecule has 26 heavy (non-hydrogen) atoms. The fourth-order valence-corrected chi connectivity index (χ4v) is 4.69. The molecule has 8 nitrogen and oxygen atoms in total. The van der Waals surface area contributed by atoms with Crippen LogP contribution in [0.2, 0.25) is 0 Å². The Balaban J connectivity index is 1.75. The van der Waals surface area contributed by atoms with Crippen molar-refractivity contribution in [1.29, 1.82) is 0 Å². The van der Waals surface area contributed by atoms with Crippen molar-refractivity contribution in [3.05, 3.63) is 46.8 Å². The lowest BCUT2D eigenvalue weighted by Gasteiger charge is -2.26. The average molecular weight is 395 g/mol. The quantitative estimate of drug-likeness (QED) is 0.786. The van der Waals surface area contributed by atoms with Crippen LogP contribution in [0.1, 0.15) is 20.7 Å². The van der Waals surface area contributed by atoms with E-state index >= 15 is 0 Å². The predicted molar refractivity (Wildman–Crippen MR) is 96.8 cm³/mol. The summed E-state index contributed by atoms with van der Waals surface area (Å²) >= 11 is 1.18. The number of anilines is 1. The summed E-state index contributed by atoms with van der Waals surface area (Å²) in [5, 5.41) is 4.61. The maximum absolute atomic E-state index is 12.6. The summed E-state index contributed by atoms with van der Waals surface area (Å²) in [6, 6.07) is 7.17. The molecule has 1 aliphatic heterocycles. The van der Waals surface area contributed by atoms with Gasteiger partial charge in [-0.25, -0.2) is 8.42 Å². The molecule has 3 rings (SSSR count). The van der Waals surface area contributed by atoms with Gasteiger partial charge in [-0.1, -0.05) is 0 Å². The molecular weight excluding hydrogens is 378 g/mol. The summed E-state index contributed by atoms with van der Waals surface area (Å²) in [7, 11) is -3.61. The molecule has 1 aromatic heterocycles. The first-order valence-corrected chi connectivity index (χ1v) is 10.1. The average Bonchev–Trinajstić information content (AvgIpc) is 3.11. The fraction of sp³-hybridized carbons (Fsp3) is 0.250. The minimum Gasteiger partial charge on any atom is -0.379 e. The lowest BCUT2D eigenvalue weighted by Crippen LogP contribution is -2.40. The molecule has 2 heterocycles. The number of carbonyl (C=O) groups excluding carboxylic acids is 2. The van der Waals surface area contributed by atoms with Crippen molar-refractivity contribution in [1.82, 2.24) is 4.31 Å². The number of benzene rings is 1. The van der Waals surface area contributed by atoms with Crippen LogP contribution in [-0.4, -0.2) is 50.8 Å². The first-order valence-electron chi connectivity index (χ1n) is 7.76. The van der Waals surface area contributed by atoms with E-state index in [9.17, 15) is 18.0 Å². The van der Waals surface area contributed by atoms with Gasteiger partial charge in [-0.15, -0.1) is 11.3 Å². The highest BCUT2D eigenvalue weighted by atomic mass is 32.2. The highest BCUT2D eigenvalue weighted by Gasteiger charge is 2.26. The van der Waals surface area contributed by atoms with Crippen molar-refractivity contribution in [2.45, 2.75) is 4.90 Å². The highest BCUT2D eigenvalue weighted by molar-refractivity contribution is 7.89. The number of nitrogens with two attached hydrogens (primary N) is 1. The molecule has 10 heteroatoms. The molecule has 0 unspecified atom stereocenters. The SMILES string of the molecule is NC(=O)c1ccsc1NC(=O)c1ccc(S(=O)(=O)N2CCOCC2)cc1. The van der Waals surface area contributed by atoms with E-state index in [0.717, 1.165) is 0 Å². The molecule has 1 aromatic carbocycles. The van der Waals surface area contributed by atoms with Gasteiger partial charge in [0.25, 0.3) is 11.8 Å². The van der Waals surface area contributed by atoms with Gasteiger partial charge < -0.3 is 15.8 Å². The minimum atomic E-state index is -3.61. The Bertz CT molecular complexity index is 916. The Labute approximate surface area is 154 Å². The van der Waals surface area contributed by atoms with E-state index in [1.165, 1.54) is 46.0 Å². The van der Waals surface area contributed by atoms with Crippen LogP contribution >= 0.6 is 11.3 Å². The Morgan fingerprint density at radius 1 is 1.12 bits per heavy atom.